The molecule has 0 aliphatic carbocycles. The highest BCUT2D eigenvalue weighted by molar-refractivity contribution is 5.97. The molecule has 0 saturated heterocycles. The van der Waals surface area contributed by atoms with Gasteiger partial charge in [-0.3, -0.25) is 4.79 Å². The van der Waals surface area contributed by atoms with Crippen molar-refractivity contribution in [3.05, 3.63) is 66.4 Å². The van der Waals surface area contributed by atoms with Crippen LogP contribution in [0.15, 0.2) is 60.7 Å². The number of methoxy groups -OCH3 is 2. The summed E-state index contributed by atoms with van der Waals surface area (Å²) in [6.45, 7) is 0.566. The van der Waals surface area contributed by atoms with E-state index in [0.717, 1.165) is 16.5 Å². The van der Waals surface area contributed by atoms with E-state index in [9.17, 15) is 4.79 Å². The van der Waals surface area contributed by atoms with Crippen LogP contribution >= 0.6 is 0 Å². The van der Waals surface area contributed by atoms with E-state index in [1.165, 1.54) is 0 Å². The van der Waals surface area contributed by atoms with Gasteiger partial charge in [0.25, 0.3) is 5.91 Å². The summed E-state index contributed by atoms with van der Waals surface area (Å²) in [6.07, 6.45) is 0. The molecule has 2 aromatic carbocycles. The number of ether oxygens (including phenoxy) is 3. The monoisotopic (exact) mass is 458 g/mol. The number of aromatic nitrogens is 5. The maximum atomic E-state index is 12.4. The Hall–Kier alpha value is -4.60. The highest BCUT2D eigenvalue weighted by Crippen LogP contribution is 2.31. The van der Waals surface area contributed by atoms with Crippen LogP contribution in [0.5, 0.6) is 17.4 Å². The number of benzene rings is 2. The Morgan fingerprint density at radius 1 is 1.00 bits per heavy atom. The van der Waals surface area contributed by atoms with Gasteiger partial charge in [-0.15, -0.1) is 15.3 Å². The van der Waals surface area contributed by atoms with Gasteiger partial charge in [-0.1, -0.05) is 18.2 Å². The Labute approximate surface area is 194 Å². The van der Waals surface area contributed by atoms with Gasteiger partial charge in [-0.05, 0) is 36.4 Å². The molecular weight excluding hydrogens is 436 g/mol. The number of H-pyrrole nitrogens is 1. The van der Waals surface area contributed by atoms with Crippen molar-refractivity contribution in [1.29, 1.82) is 0 Å². The predicted molar refractivity (Wildman–Crippen MR) is 125 cm³/mol. The lowest BCUT2D eigenvalue weighted by Gasteiger charge is -2.09. The summed E-state index contributed by atoms with van der Waals surface area (Å²) >= 11 is 0. The lowest BCUT2D eigenvalue weighted by atomic mass is 10.2. The van der Waals surface area contributed by atoms with E-state index in [1.54, 1.807) is 36.9 Å². The average molecular weight is 458 g/mol. The normalized spacial score (nSPS) is 11.0. The first kappa shape index (κ1) is 21.3. The van der Waals surface area contributed by atoms with E-state index in [1.807, 2.05) is 42.5 Å². The lowest BCUT2D eigenvalue weighted by molar-refractivity contribution is 0.0942. The van der Waals surface area contributed by atoms with Gasteiger partial charge in [-0.25, -0.2) is 0 Å². The number of rotatable bonds is 8. The number of carbonyl (C=O) groups is 1. The molecule has 3 heterocycles. The smallest absolute Gasteiger partial charge is 0.267 e. The summed E-state index contributed by atoms with van der Waals surface area (Å²) in [5, 5.41) is 16.7. The lowest BCUT2D eigenvalue weighted by Crippen LogP contribution is -2.28. The second-order valence-corrected chi connectivity index (χ2v) is 7.41. The van der Waals surface area contributed by atoms with Crippen LogP contribution < -0.4 is 19.5 Å². The Morgan fingerprint density at radius 3 is 2.68 bits per heavy atom. The van der Waals surface area contributed by atoms with Crippen molar-refractivity contribution >= 4 is 22.5 Å². The minimum atomic E-state index is -0.197. The van der Waals surface area contributed by atoms with Crippen molar-refractivity contribution in [2.45, 2.75) is 0 Å². The third kappa shape index (κ3) is 4.08. The molecule has 0 aliphatic heterocycles. The molecule has 0 unspecified atom stereocenters. The minimum absolute atomic E-state index is 0.197. The molecule has 0 bridgehead atoms. The van der Waals surface area contributed by atoms with Gasteiger partial charge < -0.3 is 24.5 Å². The molecule has 0 atom stereocenters. The molecule has 5 aromatic rings. The summed E-state index contributed by atoms with van der Waals surface area (Å²) in [5.41, 5.74) is 2.76. The third-order valence-electron chi connectivity index (χ3n) is 5.29. The third-order valence-corrected chi connectivity index (χ3v) is 5.29. The molecule has 5 rings (SSSR count). The topological polar surface area (TPSA) is 116 Å². The summed E-state index contributed by atoms with van der Waals surface area (Å²) in [6, 6.07) is 18.5. The number of hydrogen-bond donors (Lipinski definition) is 2. The fourth-order valence-corrected chi connectivity index (χ4v) is 3.62. The van der Waals surface area contributed by atoms with Crippen LogP contribution in [0.3, 0.4) is 0 Å². The van der Waals surface area contributed by atoms with Crippen molar-refractivity contribution in [2.75, 3.05) is 27.4 Å². The van der Waals surface area contributed by atoms with Gasteiger partial charge in [0.2, 0.25) is 5.88 Å². The fourth-order valence-electron chi connectivity index (χ4n) is 3.62. The number of para-hydroxylation sites is 1. The highest BCUT2D eigenvalue weighted by atomic mass is 16.5. The highest BCUT2D eigenvalue weighted by Gasteiger charge is 2.14. The number of aromatic amines is 1. The Balaban J connectivity index is 1.25. The van der Waals surface area contributed by atoms with Crippen LogP contribution in [0.25, 0.3) is 27.9 Å². The average Bonchev–Trinajstić information content (AvgIpc) is 3.50. The summed E-state index contributed by atoms with van der Waals surface area (Å²) < 4.78 is 18.0. The van der Waals surface area contributed by atoms with Crippen LogP contribution in [0, 0.1) is 0 Å². The second kappa shape index (κ2) is 9.10. The number of amides is 1. The standard InChI is InChI=1S/C24H22N6O4/c1-32-19-8-7-16(14-20(19)33-2)23-28-27-21-9-10-22(29-30(21)23)34-12-11-25-24(31)18-13-15-5-3-4-6-17(15)26-18/h3-10,13-14,26H,11-12H2,1-2H3,(H,25,31). The molecule has 0 radical (unpaired) electrons. The molecule has 0 fully saturated rings. The van der Waals surface area contributed by atoms with E-state index >= 15 is 0 Å². The first-order valence-electron chi connectivity index (χ1n) is 10.6. The molecule has 0 aliphatic rings. The van der Waals surface area contributed by atoms with Gasteiger partial charge in [0, 0.05) is 22.5 Å². The predicted octanol–water partition coefficient (Wildman–Crippen LogP) is 3.10. The Morgan fingerprint density at radius 2 is 1.85 bits per heavy atom. The summed E-state index contributed by atoms with van der Waals surface area (Å²) in [4.78, 5) is 15.5. The molecule has 2 N–H and O–H groups in total. The zero-order valence-electron chi connectivity index (χ0n) is 18.6. The zero-order valence-corrected chi connectivity index (χ0v) is 18.6. The van der Waals surface area contributed by atoms with E-state index in [4.69, 9.17) is 14.2 Å². The first-order chi connectivity index (χ1) is 16.7. The van der Waals surface area contributed by atoms with Gasteiger partial charge in [0.05, 0.1) is 20.8 Å². The fraction of sp³-hybridized carbons (Fsp3) is 0.167. The molecule has 0 saturated carbocycles. The number of nitrogens with zero attached hydrogens (tertiary/aromatic N) is 4. The zero-order chi connectivity index (χ0) is 23.5. The largest absolute Gasteiger partial charge is 0.493 e. The molecule has 10 nitrogen and oxygen atoms in total. The molecule has 10 heteroatoms. The molecule has 172 valence electrons. The first-order valence-corrected chi connectivity index (χ1v) is 10.6. The molecular formula is C24H22N6O4. The van der Waals surface area contributed by atoms with Gasteiger partial charge in [-0.2, -0.15) is 4.52 Å². The second-order valence-electron chi connectivity index (χ2n) is 7.41. The van der Waals surface area contributed by atoms with Crippen LogP contribution in [0.1, 0.15) is 10.5 Å². The summed E-state index contributed by atoms with van der Waals surface area (Å²) in [5.74, 6) is 1.92. The van der Waals surface area contributed by atoms with Crippen LogP contribution in [0.2, 0.25) is 0 Å². The van der Waals surface area contributed by atoms with Crippen LogP contribution in [0.4, 0.5) is 0 Å². The maximum Gasteiger partial charge on any atom is 0.267 e. The molecule has 3 aromatic heterocycles. The van der Waals surface area contributed by atoms with Crippen molar-refractivity contribution in [3.8, 4) is 28.8 Å². The van der Waals surface area contributed by atoms with Gasteiger partial charge in [0.1, 0.15) is 12.3 Å². The minimum Gasteiger partial charge on any atom is -0.493 e. The Bertz CT molecular complexity index is 1440. The van der Waals surface area contributed by atoms with Gasteiger partial charge in [0.15, 0.2) is 23.0 Å². The van der Waals surface area contributed by atoms with E-state index in [2.05, 4.69) is 25.6 Å². The maximum absolute atomic E-state index is 12.4. The van der Waals surface area contributed by atoms with Crippen molar-refractivity contribution in [1.82, 2.24) is 30.1 Å². The van der Waals surface area contributed by atoms with Crippen molar-refractivity contribution in [2.24, 2.45) is 0 Å². The quantitative estimate of drug-likeness (QED) is 0.343. The molecule has 0 spiro atoms. The van der Waals surface area contributed by atoms with E-state index in [0.29, 0.717) is 41.1 Å². The van der Waals surface area contributed by atoms with Gasteiger partial charge >= 0.3 is 0 Å². The number of carbonyl (C=O) groups excluding carboxylic acids is 1. The molecule has 1 amide bonds. The van der Waals surface area contributed by atoms with E-state index in [-0.39, 0.29) is 12.5 Å². The van der Waals surface area contributed by atoms with Crippen LogP contribution in [-0.4, -0.2) is 58.1 Å². The summed E-state index contributed by atoms with van der Waals surface area (Å²) in [7, 11) is 3.16. The number of nitrogens with one attached hydrogen (secondary N) is 2. The number of fused-ring (bicyclic) bond motifs is 2. The van der Waals surface area contributed by atoms with Crippen molar-refractivity contribution in [3.63, 3.8) is 0 Å². The Kier molecular flexibility index (Phi) is 5.69. The van der Waals surface area contributed by atoms with Crippen molar-refractivity contribution < 1.29 is 19.0 Å². The van der Waals surface area contributed by atoms with E-state index < -0.39 is 0 Å². The SMILES string of the molecule is COc1ccc(-c2nnc3ccc(OCCNC(=O)c4cc5ccccc5[nH]4)nn23)cc1OC. The number of hydrogen-bond acceptors (Lipinski definition) is 7. The molecule has 34 heavy (non-hydrogen) atoms. The van der Waals surface area contributed by atoms with Crippen LogP contribution in [-0.2, 0) is 0 Å².